The van der Waals surface area contributed by atoms with E-state index in [1.165, 1.54) is 16.9 Å². The average Bonchev–Trinajstić information content (AvgIpc) is 2.71. The van der Waals surface area contributed by atoms with Crippen LogP contribution in [0.15, 0.2) is 34.0 Å². The van der Waals surface area contributed by atoms with Gasteiger partial charge in [-0.05, 0) is 44.7 Å². The second kappa shape index (κ2) is 6.48. The van der Waals surface area contributed by atoms with Crippen LogP contribution in [0.25, 0.3) is 0 Å². The number of thioether (sulfide) groups is 1. The van der Waals surface area contributed by atoms with Crippen LogP contribution in [-0.4, -0.2) is 9.97 Å². The molecule has 0 spiro atoms. The Balaban J connectivity index is 1.78. The van der Waals surface area contributed by atoms with Gasteiger partial charge in [-0.1, -0.05) is 24.1 Å². The highest BCUT2D eigenvalue weighted by molar-refractivity contribution is 7.98. The van der Waals surface area contributed by atoms with Crippen LogP contribution in [0.2, 0.25) is 0 Å². The second-order valence-electron chi connectivity index (χ2n) is 5.60. The summed E-state index contributed by atoms with van der Waals surface area (Å²) >= 11 is 1.72. The Hall–Kier alpha value is -1.55. The van der Waals surface area contributed by atoms with Crippen LogP contribution in [0.4, 0.5) is 0 Å². The Morgan fingerprint density at radius 2 is 2.10 bits per heavy atom. The van der Waals surface area contributed by atoms with E-state index in [0.717, 1.165) is 42.8 Å². The SMILES string of the molecule is Cc1cccc(SCc2nc3c(c(=O)[nH]2)CCCCC3)c1. The number of hydrogen-bond acceptors (Lipinski definition) is 3. The summed E-state index contributed by atoms with van der Waals surface area (Å²) in [4.78, 5) is 21.1. The molecule has 0 unspecified atom stereocenters. The van der Waals surface area contributed by atoms with Gasteiger partial charge in [0.15, 0.2) is 0 Å². The van der Waals surface area contributed by atoms with Crippen LogP contribution in [0.1, 0.15) is 41.9 Å². The standard InChI is InChI=1S/C17H20N2OS/c1-12-6-5-7-13(10-12)21-11-16-18-15-9-4-2-3-8-14(15)17(20)19-16/h5-7,10H,2-4,8-9,11H2,1H3,(H,18,19,20). The monoisotopic (exact) mass is 300 g/mol. The first-order chi connectivity index (χ1) is 10.2. The van der Waals surface area contributed by atoms with Crippen LogP contribution in [0, 0.1) is 6.92 Å². The number of rotatable bonds is 3. The smallest absolute Gasteiger partial charge is 0.254 e. The zero-order chi connectivity index (χ0) is 14.7. The maximum Gasteiger partial charge on any atom is 0.254 e. The highest BCUT2D eigenvalue weighted by atomic mass is 32.2. The van der Waals surface area contributed by atoms with E-state index in [-0.39, 0.29) is 5.56 Å². The maximum atomic E-state index is 12.2. The van der Waals surface area contributed by atoms with E-state index in [1.807, 2.05) is 0 Å². The van der Waals surface area contributed by atoms with E-state index in [1.54, 1.807) is 11.8 Å². The van der Waals surface area contributed by atoms with Crippen LogP contribution in [0.5, 0.6) is 0 Å². The Labute approximate surface area is 129 Å². The zero-order valence-electron chi connectivity index (χ0n) is 12.3. The predicted molar refractivity (Wildman–Crippen MR) is 86.9 cm³/mol. The van der Waals surface area contributed by atoms with Crippen LogP contribution < -0.4 is 5.56 Å². The summed E-state index contributed by atoms with van der Waals surface area (Å²) in [6.07, 6.45) is 5.27. The Morgan fingerprint density at radius 3 is 2.95 bits per heavy atom. The zero-order valence-corrected chi connectivity index (χ0v) is 13.1. The Morgan fingerprint density at radius 1 is 1.24 bits per heavy atom. The summed E-state index contributed by atoms with van der Waals surface area (Å²) < 4.78 is 0. The molecule has 1 aliphatic rings. The minimum atomic E-state index is 0.0711. The first-order valence-electron chi connectivity index (χ1n) is 7.53. The van der Waals surface area contributed by atoms with Gasteiger partial charge in [0, 0.05) is 10.5 Å². The molecule has 0 bridgehead atoms. The molecule has 1 aliphatic carbocycles. The fourth-order valence-electron chi connectivity index (χ4n) is 2.76. The molecule has 1 aromatic heterocycles. The summed E-state index contributed by atoms with van der Waals surface area (Å²) in [5.74, 6) is 1.51. The first-order valence-corrected chi connectivity index (χ1v) is 8.51. The number of aromatic nitrogens is 2. The molecule has 110 valence electrons. The normalized spacial score (nSPS) is 14.5. The van der Waals surface area contributed by atoms with Gasteiger partial charge in [-0.25, -0.2) is 4.98 Å². The van der Waals surface area contributed by atoms with E-state index in [0.29, 0.717) is 5.75 Å². The Bertz CT molecular complexity index is 693. The summed E-state index contributed by atoms with van der Waals surface area (Å²) in [7, 11) is 0. The molecule has 0 atom stereocenters. The quantitative estimate of drug-likeness (QED) is 0.695. The molecule has 3 rings (SSSR count). The summed E-state index contributed by atoms with van der Waals surface area (Å²) in [6.45, 7) is 2.09. The number of H-pyrrole nitrogens is 1. The summed E-state index contributed by atoms with van der Waals surface area (Å²) in [6, 6.07) is 8.41. The van der Waals surface area contributed by atoms with Crippen molar-refractivity contribution in [1.29, 1.82) is 0 Å². The van der Waals surface area contributed by atoms with Gasteiger partial charge in [0.2, 0.25) is 0 Å². The fraction of sp³-hybridized carbons (Fsp3) is 0.412. The summed E-state index contributed by atoms with van der Waals surface area (Å²) in [5.41, 5.74) is 3.26. The van der Waals surface area contributed by atoms with E-state index in [2.05, 4.69) is 36.2 Å². The molecule has 0 saturated heterocycles. The van der Waals surface area contributed by atoms with Crippen molar-refractivity contribution in [3.05, 3.63) is 57.3 Å². The molecule has 0 saturated carbocycles. The van der Waals surface area contributed by atoms with Gasteiger partial charge in [-0.2, -0.15) is 0 Å². The lowest BCUT2D eigenvalue weighted by Gasteiger charge is -2.07. The van der Waals surface area contributed by atoms with Crippen LogP contribution in [-0.2, 0) is 18.6 Å². The molecule has 1 heterocycles. The lowest BCUT2D eigenvalue weighted by atomic mass is 10.1. The third kappa shape index (κ3) is 3.56. The maximum absolute atomic E-state index is 12.2. The number of aryl methyl sites for hydroxylation is 2. The van der Waals surface area contributed by atoms with Gasteiger partial charge >= 0.3 is 0 Å². The van der Waals surface area contributed by atoms with Crippen molar-refractivity contribution >= 4 is 11.8 Å². The molecule has 3 nitrogen and oxygen atoms in total. The van der Waals surface area contributed by atoms with Gasteiger partial charge in [-0.3, -0.25) is 4.79 Å². The Kier molecular flexibility index (Phi) is 4.44. The molecule has 2 aromatic rings. The van der Waals surface area contributed by atoms with Crippen LogP contribution >= 0.6 is 11.8 Å². The second-order valence-corrected chi connectivity index (χ2v) is 6.65. The minimum absolute atomic E-state index is 0.0711. The molecule has 1 aromatic carbocycles. The highest BCUT2D eigenvalue weighted by Crippen LogP contribution is 2.23. The van der Waals surface area contributed by atoms with Gasteiger partial charge in [0.25, 0.3) is 5.56 Å². The van der Waals surface area contributed by atoms with Crippen LogP contribution in [0.3, 0.4) is 0 Å². The molecule has 21 heavy (non-hydrogen) atoms. The van der Waals surface area contributed by atoms with Crippen molar-refractivity contribution < 1.29 is 0 Å². The first kappa shape index (κ1) is 14.4. The topological polar surface area (TPSA) is 45.8 Å². The number of aromatic amines is 1. The van der Waals surface area contributed by atoms with E-state index in [4.69, 9.17) is 4.98 Å². The highest BCUT2D eigenvalue weighted by Gasteiger charge is 2.14. The van der Waals surface area contributed by atoms with Crippen molar-refractivity contribution in [3.63, 3.8) is 0 Å². The third-order valence-electron chi connectivity index (χ3n) is 3.86. The van der Waals surface area contributed by atoms with Crippen molar-refractivity contribution in [2.75, 3.05) is 0 Å². The molecule has 0 fully saturated rings. The lowest BCUT2D eigenvalue weighted by molar-refractivity contribution is 0.708. The van der Waals surface area contributed by atoms with E-state index < -0.39 is 0 Å². The van der Waals surface area contributed by atoms with Crippen molar-refractivity contribution in [1.82, 2.24) is 9.97 Å². The number of nitrogens with one attached hydrogen (secondary N) is 1. The summed E-state index contributed by atoms with van der Waals surface area (Å²) in [5, 5.41) is 0. The van der Waals surface area contributed by atoms with E-state index >= 15 is 0 Å². The molecular formula is C17H20N2OS. The van der Waals surface area contributed by atoms with Gasteiger partial charge in [0.05, 0.1) is 11.4 Å². The largest absolute Gasteiger partial charge is 0.310 e. The molecule has 0 amide bonds. The molecule has 0 radical (unpaired) electrons. The van der Waals surface area contributed by atoms with Gasteiger partial charge in [0.1, 0.15) is 5.82 Å². The van der Waals surface area contributed by atoms with E-state index in [9.17, 15) is 4.79 Å². The third-order valence-corrected chi connectivity index (χ3v) is 4.86. The minimum Gasteiger partial charge on any atom is -0.310 e. The predicted octanol–water partition coefficient (Wildman–Crippen LogP) is 3.64. The lowest BCUT2D eigenvalue weighted by Crippen LogP contribution is -2.19. The number of hydrogen-bond donors (Lipinski definition) is 1. The van der Waals surface area contributed by atoms with Crippen molar-refractivity contribution in [2.24, 2.45) is 0 Å². The average molecular weight is 300 g/mol. The molecule has 1 N–H and O–H groups in total. The number of benzene rings is 1. The van der Waals surface area contributed by atoms with Gasteiger partial charge in [-0.15, -0.1) is 11.8 Å². The number of fused-ring (bicyclic) bond motifs is 1. The molecular weight excluding hydrogens is 280 g/mol. The molecule has 4 heteroatoms. The fourth-order valence-corrected chi connectivity index (χ4v) is 3.64. The van der Waals surface area contributed by atoms with Crippen molar-refractivity contribution in [2.45, 2.75) is 49.7 Å². The van der Waals surface area contributed by atoms with Crippen molar-refractivity contribution in [3.8, 4) is 0 Å². The molecule has 0 aliphatic heterocycles. The number of nitrogens with zero attached hydrogens (tertiary/aromatic N) is 1. The van der Waals surface area contributed by atoms with Gasteiger partial charge < -0.3 is 4.98 Å².